The number of aromatic nitrogens is 2. The molecule has 0 spiro atoms. The second kappa shape index (κ2) is 5.33. The van der Waals surface area contributed by atoms with E-state index in [0.29, 0.717) is 17.4 Å². The molecular formula is C12H14N4O2. The summed E-state index contributed by atoms with van der Waals surface area (Å²) in [5.41, 5.74) is 6.38. The second-order valence-electron chi connectivity index (χ2n) is 3.60. The Labute approximate surface area is 104 Å². The van der Waals surface area contributed by atoms with Gasteiger partial charge in [-0.15, -0.1) is 0 Å². The number of benzene rings is 1. The normalized spacial score (nSPS) is 10.1. The minimum Gasteiger partial charge on any atom is -0.439 e. The van der Waals surface area contributed by atoms with Gasteiger partial charge in [0.2, 0.25) is 11.8 Å². The van der Waals surface area contributed by atoms with E-state index in [4.69, 9.17) is 15.6 Å². The minimum atomic E-state index is 0.00460. The number of hydrogen-bond acceptors (Lipinski definition) is 6. The smallest absolute Gasteiger partial charge is 0.226 e. The quantitative estimate of drug-likeness (QED) is 0.754. The molecule has 0 aliphatic rings. The average Bonchev–Trinajstić information content (AvgIpc) is 2.39. The molecule has 18 heavy (non-hydrogen) atoms. The molecule has 2 aromatic rings. The van der Waals surface area contributed by atoms with Crippen molar-refractivity contribution in [3.8, 4) is 11.6 Å². The van der Waals surface area contributed by atoms with E-state index in [0.717, 1.165) is 5.56 Å². The number of nitrogens with zero attached hydrogens (tertiary/aromatic N) is 2. The highest BCUT2D eigenvalue weighted by Gasteiger charge is 2.03. The third kappa shape index (κ3) is 2.86. The fourth-order valence-electron chi connectivity index (χ4n) is 1.41. The average molecular weight is 246 g/mol. The van der Waals surface area contributed by atoms with Gasteiger partial charge >= 0.3 is 0 Å². The van der Waals surface area contributed by atoms with Crippen LogP contribution in [0.2, 0.25) is 0 Å². The maximum Gasteiger partial charge on any atom is 0.226 e. The Morgan fingerprint density at radius 3 is 2.61 bits per heavy atom. The molecule has 0 unspecified atom stereocenters. The van der Waals surface area contributed by atoms with Gasteiger partial charge in [-0.3, -0.25) is 0 Å². The lowest BCUT2D eigenvalue weighted by Crippen LogP contribution is -2.01. The first-order valence-electron chi connectivity index (χ1n) is 5.41. The maximum atomic E-state index is 8.94. The van der Waals surface area contributed by atoms with Crippen LogP contribution in [0.15, 0.2) is 30.3 Å². The summed E-state index contributed by atoms with van der Waals surface area (Å²) >= 11 is 0. The molecular weight excluding hydrogens is 232 g/mol. The lowest BCUT2D eigenvalue weighted by atomic mass is 10.2. The summed E-state index contributed by atoms with van der Waals surface area (Å²) in [6.45, 7) is 0.00460. The summed E-state index contributed by atoms with van der Waals surface area (Å²) in [6.07, 6.45) is 0. The lowest BCUT2D eigenvalue weighted by molar-refractivity contribution is 0.281. The zero-order valence-corrected chi connectivity index (χ0v) is 9.92. The van der Waals surface area contributed by atoms with Crippen molar-refractivity contribution >= 4 is 11.8 Å². The van der Waals surface area contributed by atoms with Crippen LogP contribution in [-0.2, 0) is 6.61 Å². The van der Waals surface area contributed by atoms with Crippen molar-refractivity contribution in [3.63, 3.8) is 0 Å². The second-order valence-corrected chi connectivity index (χ2v) is 3.60. The molecule has 0 saturated carbocycles. The molecule has 6 heteroatoms. The van der Waals surface area contributed by atoms with Gasteiger partial charge in [0.25, 0.3) is 0 Å². The van der Waals surface area contributed by atoms with Crippen LogP contribution < -0.4 is 15.8 Å². The van der Waals surface area contributed by atoms with E-state index < -0.39 is 0 Å². The Bertz CT molecular complexity index is 528. The first-order valence-corrected chi connectivity index (χ1v) is 5.41. The summed E-state index contributed by atoms with van der Waals surface area (Å²) in [5.74, 6) is 1.71. The lowest BCUT2D eigenvalue weighted by Gasteiger charge is -2.07. The van der Waals surface area contributed by atoms with Gasteiger partial charge in [-0.25, -0.2) is 0 Å². The van der Waals surface area contributed by atoms with Crippen molar-refractivity contribution in [2.75, 3.05) is 18.1 Å². The van der Waals surface area contributed by atoms with E-state index in [1.54, 1.807) is 37.4 Å². The molecule has 0 amide bonds. The van der Waals surface area contributed by atoms with Crippen molar-refractivity contribution in [1.29, 1.82) is 0 Å². The highest BCUT2D eigenvalue weighted by atomic mass is 16.5. The van der Waals surface area contributed by atoms with Crippen LogP contribution in [0.1, 0.15) is 5.56 Å². The van der Waals surface area contributed by atoms with E-state index in [9.17, 15) is 0 Å². The van der Waals surface area contributed by atoms with Crippen LogP contribution in [0.5, 0.6) is 11.6 Å². The molecule has 0 aliphatic carbocycles. The molecule has 6 nitrogen and oxygen atoms in total. The maximum absolute atomic E-state index is 8.94. The van der Waals surface area contributed by atoms with E-state index in [-0.39, 0.29) is 12.6 Å². The van der Waals surface area contributed by atoms with Crippen molar-refractivity contribution in [2.24, 2.45) is 0 Å². The molecule has 1 aromatic carbocycles. The Morgan fingerprint density at radius 2 is 2.00 bits per heavy atom. The molecule has 0 fully saturated rings. The fraction of sp³-hybridized carbons (Fsp3) is 0.167. The Balaban J connectivity index is 2.19. The van der Waals surface area contributed by atoms with Gasteiger partial charge in [-0.05, 0) is 17.7 Å². The third-order valence-corrected chi connectivity index (χ3v) is 2.30. The Kier molecular flexibility index (Phi) is 3.59. The van der Waals surface area contributed by atoms with Gasteiger partial charge in [-0.1, -0.05) is 12.1 Å². The number of nitrogens with two attached hydrogens (primary N) is 1. The summed E-state index contributed by atoms with van der Waals surface area (Å²) in [6, 6.07) is 8.71. The van der Waals surface area contributed by atoms with Crippen molar-refractivity contribution in [2.45, 2.75) is 6.61 Å². The van der Waals surface area contributed by atoms with Gasteiger partial charge in [0.1, 0.15) is 11.6 Å². The Hall–Kier alpha value is -2.34. The van der Waals surface area contributed by atoms with Gasteiger partial charge in [0.05, 0.1) is 6.61 Å². The van der Waals surface area contributed by atoms with E-state index in [2.05, 4.69) is 15.3 Å². The standard InChI is InChI=1S/C12H14N4O2/c1-14-10-6-11(16-12(13)15-10)18-9-4-2-8(7-17)3-5-9/h2-6,17H,7H2,1H3,(H3,13,14,15,16). The topological polar surface area (TPSA) is 93.3 Å². The van der Waals surface area contributed by atoms with Gasteiger partial charge in [0, 0.05) is 13.1 Å². The first kappa shape index (κ1) is 12.1. The number of aliphatic hydroxyl groups is 1. The SMILES string of the molecule is CNc1cc(Oc2ccc(CO)cc2)nc(N)n1. The Morgan fingerprint density at radius 1 is 1.28 bits per heavy atom. The molecule has 0 aliphatic heterocycles. The number of ether oxygens (including phenoxy) is 1. The number of anilines is 2. The van der Waals surface area contributed by atoms with Gasteiger partial charge < -0.3 is 20.9 Å². The van der Waals surface area contributed by atoms with Crippen molar-refractivity contribution in [3.05, 3.63) is 35.9 Å². The number of rotatable bonds is 4. The predicted octanol–water partition coefficient (Wildman–Crippen LogP) is 1.39. The van der Waals surface area contributed by atoms with Crippen molar-refractivity contribution in [1.82, 2.24) is 9.97 Å². The van der Waals surface area contributed by atoms with E-state index >= 15 is 0 Å². The molecule has 0 saturated heterocycles. The molecule has 4 N–H and O–H groups in total. The fourth-order valence-corrected chi connectivity index (χ4v) is 1.41. The zero-order chi connectivity index (χ0) is 13.0. The molecule has 1 aromatic heterocycles. The van der Waals surface area contributed by atoms with Gasteiger partial charge in [0.15, 0.2) is 0 Å². The minimum absolute atomic E-state index is 0.00460. The van der Waals surface area contributed by atoms with Crippen LogP contribution in [0.25, 0.3) is 0 Å². The first-order chi connectivity index (χ1) is 8.71. The molecule has 2 rings (SSSR count). The summed E-state index contributed by atoms with van der Waals surface area (Å²) in [7, 11) is 1.74. The zero-order valence-electron chi connectivity index (χ0n) is 9.92. The largest absolute Gasteiger partial charge is 0.439 e. The van der Waals surface area contributed by atoms with Gasteiger partial charge in [-0.2, -0.15) is 9.97 Å². The highest BCUT2D eigenvalue weighted by molar-refractivity contribution is 5.43. The van der Waals surface area contributed by atoms with Crippen LogP contribution in [0.4, 0.5) is 11.8 Å². The summed E-state index contributed by atoms with van der Waals surface area (Å²) < 4.78 is 5.55. The molecule has 1 heterocycles. The molecule has 0 bridgehead atoms. The van der Waals surface area contributed by atoms with Crippen LogP contribution in [-0.4, -0.2) is 22.1 Å². The highest BCUT2D eigenvalue weighted by Crippen LogP contribution is 2.22. The molecule has 0 radical (unpaired) electrons. The summed E-state index contributed by atoms with van der Waals surface area (Å²) in [5, 5.41) is 11.8. The monoisotopic (exact) mass is 246 g/mol. The van der Waals surface area contributed by atoms with Crippen LogP contribution >= 0.6 is 0 Å². The number of nitrogen functional groups attached to an aromatic ring is 1. The predicted molar refractivity (Wildman–Crippen MR) is 68.4 cm³/mol. The van der Waals surface area contributed by atoms with Crippen LogP contribution in [0.3, 0.4) is 0 Å². The molecule has 0 atom stereocenters. The van der Waals surface area contributed by atoms with E-state index in [1.807, 2.05) is 0 Å². The third-order valence-electron chi connectivity index (χ3n) is 2.30. The van der Waals surface area contributed by atoms with Crippen LogP contribution in [0, 0.1) is 0 Å². The van der Waals surface area contributed by atoms with Crippen molar-refractivity contribution < 1.29 is 9.84 Å². The summed E-state index contributed by atoms with van der Waals surface area (Å²) in [4.78, 5) is 7.94. The molecule has 94 valence electrons. The number of aliphatic hydroxyl groups excluding tert-OH is 1. The van der Waals surface area contributed by atoms with E-state index in [1.165, 1.54) is 0 Å². The number of hydrogen-bond donors (Lipinski definition) is 3. The number of nitrogens with one attached hydrogen (secondary N) is 1.